The van der Waals surface area contributed by atoms with E-state index >= 15 is 0 Å². The van der Waals surface area contributed by atoms with Crippen LogP contribution in [-0.2, 0) is 13.6 Å². The minimum atomic E-state index is 0.655. The van der Waals surface area contributed by atoms with Crippen LogP contribution in [0.25, 0.3) is 0 Å². The van der Waals surface area contributed by atoms with Crippen molar-refractivity contribution in [3.8, 4) is 0 Å². The summed E-state index contributed by atoms with van der Waals surface area (Å²) >= 11 is 0. The molecule has 1 saturated heterocycles. The molecule has 2 unspecified atom stereocenters. The Morgan fingerprint density at radius 1 is 1.56 bits per heavy atom. The normalized spacial score (nSPS) is 27.2. The molecular weight excluding hydrogens is 200 g/mol. The molecule has 0 spiro atoms. The molecule has 2 heterocycles. The van der Waals surface area contributed by atoms with E-state index in [0.29, 0.717) is 5.92 Å². The minimum Gasteiger partial charge on any atom is -0.337 e. The number of nitrogens with zero attached hydrogens (tertiary/aromatic N) is 3. The zero-order chi connectivity index (χ0) is 11.5. The van der Waals surface area contributed by atoms with E-state index in [9.17, 15) is 0 Å². The topological polar surface area (TPSA) is 47.1 Å². The van der Waals surface area contributed by atoms with Gasteiger partial charge in [0.25, 0.3) is 0 Å². The molecule has 1 aliphatic rings. The van der Waals surface area contributed by atoms with Gasteiger partial charge in [-0.1, -0.05) is 6.92 Å². The van der Waals surface area contributed by atoms with Crippen molar-refractivity contribution in [3.63, 3.8) is 0 Å². The van der Waals surface area contributed by atoms with Crippen molar-refractivity contribution in [1.29, 1.82) is 0 Å². The van der Waals surface area contributed by atoms with Crippen molar-refractivity contribution < 1.29 is 0 Å². The van der Waals surface area contributed by atoms with Crippen LogP contribution in [-0.4, -0.2) is 34.1 Å². The lowest BCUT2D eigenvalue weighted by molar-refractivity contribution is 0.124. The van der Waals surface area contributed by atoms with Gasteiger partial charge in [-0.2, -0.15) is 0 Å². The summed E-state index contributed by atoms with van der Waals surface area (Å²) in [5, 5.41) is 0. The summed E-state index contributed by atoms with van der Waals surface area (Å²) in [6.45, 7) is 6.44. The van der Waals surface area contributed by atoms with Crippen molar-refractivity contribution >= 4 is 0 Å². The van der Waals surface area contributed by atoms with Gasteiger partial charge >= 0.3 is 0 Å². The molecule has 0 amide bonds. The van der Waals surface area contributed by atoms with Gasteiger partial charge in [-0.05, 0) is 31.3 Å². The highest BCUT2D eigenvalue weighted by Gasteiger charge is 2.25. The van der Waals surface area contributed by atoms with Gasteiger partial charge in [0.1, 0.15) is 0 Å². The first-order chi connectivity index (χ1) is 7.70. The van der Waals surface area contributed by atoms with E-state index in [2.05, 4.69) is 28.4 Å². The van der Waals surface area contributed by atoms with Gasteiger partial charge in [-0.25, -0.2) is 4.98 Å². The van der Waals surface area contributed by atoms with Gasteiger partial charge in [0.05, 0.1) is 12.0 Å². The Morgan fingerprint density at radius 2 is 2.38 bits per heavy atom. The fraction of sp³-hybridized carbons (Fsp3) is 0.750. The molecule has 2 rings (SSSR count). The van der Waals surface area contributed by atoms with E-state index in [4.69, 9.17) is 5.73 Å². The fourth-order valence-electron chi connectivity index (χ4n) is 2.44. The quantitative estimate of drug-likeness (QED) is 0.824. The summed E-state index contributed by atoms with van der Waals surface area (Å²) in [6, 6.07) is 0. The van der Waals surface area contributed by atoms with Crippen molar-refractivity contribution in [2.45, 2.75) is 19.9 Å². The number of imidazole rings is 1. The standard InChI is InChI=1S/C12H22N4/c1-10-3-4-16(7-11(10)5-13)8-12-6-14-9-15(12)2/h6,9-11H,3-5,7-8,13H2,1-2H3. The maximum Gasteiger partial charge on any atom is 0.0945 e. The zero-order valence-electron chi connectivity index (χ0n) is 10.3. The molecular formula is C12H22N4. The fourth-order valence-corrected chi connectivity index (χ4v) is 2.44. The maximum atomic E-state index is 5.81. The molecule has 2 atom stereocenters. The Kier molecular flexibility index (Phi) is 3.61. The van der Waals surface area contributed by atoms with E-state index in [1.165, 1.54) is 18.7 Å². The van der Waals surface area contributed by atoms with E-state index in [-0.39, 0.29) is 0 Å². The average molecular weight is 222 g/mol. The van der Waals surface area contributed by atoms with Crippen molar-refractivity contribution in [1.82, 2.24) is 14.5 Å². The molecule has 4 heteroatoms. The molecule has 0 radical (unpaired) electrons. The highest BCUT2D eigenvalue weighted by molar-refractivity contribution is 4.98. The second-order valence-corrected chi connectivity index (χ2v) is 4.99. The lowest BCUT2D eigenvalue weighted by Gasteiger charge is -2.36. The predicted molar refractivity (Wildman–Crippen MR) is 64.8 cm³/mol. The summed E-state index contributed by atoms with van der Waals surface area (Å²) in [7, 11) is 2.05. The third-order valence-corrected chi connectivity index (χ3v) is 3.80. The number of aromatic nitrogens is 2. The van der Waals surface area contributed by atoms with Crippen LogP contribution in [0.2, 0.25) is 0 Å². The van der Waals surface area contributed by atoms with Gasteiger partial charge in [-0.3, -0.25) is 4.90 Å². The Balaban J connectivity index is 1.94. The Hall–Kier alpha value is -0.870. The summed E-state index contributed by atoms with van der Waals surface area (Å²) in [5.41, 5.74) is 7.10. The van der Waals surface area contributed by atoms with Crippen LogP contribution in [0.3, 0.4) is 0 Å². The van der Waals surface area contributed by atoms with Crippen LogP contribution < -0.4 is 5.73 Å². The SMILES string of the molecule is CC1CCN(Cc2cncn2C)CC1CN. The molecule has 0 aliphatic carbocycles. The molecule has 0 aromatic carbocycles. The minimum absolute atomic E-state index is 0.655. The molecule has 16 heavy (non-hydrogen) atoms. The number of hydrogen-bond acceptors (Lipinski definition) is 3. The first-order valence-electron chi connectivity index (χ1n) is 6.08. The first-order valence-corrected chi connectivity index (χ1v) is 6.08. The van der Waals surface area contributed by atoms with Crippen LogP contribution in [0.5, 0.6) is 0 Å². The van der Waals surface area contributed by atoms with Gasteiger partial charge < -0.3 is 10.3 Å². The molecule has 1 aliphatic heterocycles. The van der Waals surface area contributed by atoms with Crippen LogP contribution in [0, 0.1) is 11.8 Å². The molecule has 1 aromatic rings. The molecule has 0 bridgehead atoms. The summed E-state index contributed by atoms with van der Waals surface area (Å²) in [6.07, 6.45) is 5.08. The summed E-state index contributed by atoms with van der Waals surface area (Å²) < 4.78 is 2.09. The van der Waals surface area contributed by atoms with Crippen molar-refractivity contribution in [3.05, 3.63) is 18.2 Å². The predicted octanol–water partition coefficient (Wildman–Crippen LogP) is 0.837. The summed E-state index contributed by atoms with van der Waals surface area (Å²) in [5.74, 6) is 1.43. The monoisotopic (exact) mass is 222 g/mol. The second kappa shape index (κ2) is 4.97. The van der Waals surface area contributed by atoms with E-state index in [1.807, 2.05) is 12.5 Å². The van der Waals surface area contributed by atoms with E-state index < -0.39 is 0 Å². The average Bonchev–Trinajstić information content (AvgIpc) is 2.67. The third kappa shape index (κ3) is 2.44. The first kappa shape index (κ1) is 11.6. The second-order valence-electron chi connectivity index (χ2n) is 4.99. The number of rotatable bonds is 3. The van der Waals surface area contributed by atoms with Crippen LogP contribution in [0.15, 0.2) is 12.5 Å². The molecule has 1 fully saturated rings. The van der Waals surface area contributed by atoms with E-state index in [1.54, 1.807) is 0 Å². The Labute approximate surface area is 97.4 Å². The number of likely N-dealkylation sites (tertiary alicyclic amines) is 1. The van der Waals surface area contributed by atoms with E-state index in [0.717, 1.165) is 25.6 Å². The third-order valence-electron chi connectivity index (χ3n) is 3.80. The van der Waals surface area contributed by atoms with Crippen LogP contribution >= 0.6 is 0 Å². The smallest absolute Gasteiger partial charge is 0.0945 e. The Bertz CT molecular complexity index is 334. The molecule has 0 saturated carbocycles. The van der Waals surface area contributed by atoms with Gasteiger partial charge in [0.2, 0.25) is 0 Å². The largest absolute Gasteiger partial charge is 0.337 e. The van der Waals surface area contributed by atoms with Gasteiger partial charge in [-0.15, -0.1) is 0 Å². The van der Waals surface area contributed by atoms with Crippen molar-refractivity contribution in [2.24, 2.45) is 24.6 Å². The Morgan fingerprint density at radius 3 is 3.00 bits per heavy atom. The highest BCUT2D eigenvalue weighted by atomic mass is 15.2. The molecule has 90 valence electrons. The van der Waals surface area contributed by atoms with Gasteiger partial charge in [0, 0.05) is 26.3 Å². The molecule has 4 nitrogen and oxygen atoms in total. The number of nitrogens with two attached hydrogens (primary N) is 1. The molecule has 1 aromatic heterocycles. The van der Waals surface area contributed by atoms with Crippen molar-refractivity contribution in [2.75, 3.05) is 19.6 Å². The maximum absolute atomic E-state index is 5.81. The summed E-state index contributed by atoms with van der Waals surface area (Å²) in [4.78, 5) is 6.65. The molecule has 2 N–H and O–H groups in total. The van der Waals surface area contributed by atoms with Crippen LogP contribution in [0.4, 0.5) is 0 Å². The highest BCUT2D eigenvalue weighted by Crippen LogP contribution is 2.23. The number of piperidine rings is 1. The van der Waals surface area contributed by atoms with Crippen LogP contribution in [0.1, 0.15) is 19.0 Å². The number of aryl methyl sites for hydroxylation is 1. The van der Waals surface area contributed by atoms with Gasteiger partial charge in [0.15, 0.2) is 0 Å². The lowest BCUT2D eigenvalue weighted by atomic mass is 9.87. The lowest BCUT2D eigenvalue weighted by Crippen LogP contribution is -2.42. The number of hydrogen-bond donors (Lipinski definition) is 1. The zero-order valence-corrected chi connectivity index (χ0v) is 10.3.